The summed E-state index contributed by atoms with van der Waals surface area (Å²) in [5, 5.41) is 8.49. The van der Waals surface area contributed by atoms with Gasteiger partial charge in [-0.25, -0.2) is 0 Å². The fourth-order valence-corrected chi connectivity index (χ4v) is 11.6. The van der Waals surface area contributed by atoms with E-state index in [0.717, 1.165) is 44.4 Å². The minimum absolute atomic E-state index is 0. The summed E-state index contributed by atoms with van der Waals surface area (Å²) in [4.78, 5) is 14.0. The van der Waals surface area contributed by atoms with Crippen LogP contribution in [0.1, 0.15) is 96.5 Å². The van der Waals surface area contributed by atoms with Gasteiger partial charge in [-0.15, -0.1) is 53.6 Å². The number of rotatable bonds is 8. The number of benzene rings is 9. The number of furan rings is 1. The SMILES string of the molecule is CC(C)c1cc(-c2ccc(-c3ccc([Si](C)(C)C)cc3)cc2)cc(C(C)C)c1-n1c(-c2[c-]ccc3c2oc2cc4c(ccc5ccccc54)cc23)nc2ccccc21.[2H]C([2H])([2H])c1c[c-]c(-c2ncc(C([2H])([2H])[2H])c(C(C)(C)C)n2)cc1.[Ir]. The Morgan fingerprint density at radius 2 is 1.29 bits per heavy atom. The average Bonchev–Trinajstić information content (AvgIpc) is 2.23. The van der Waals surface area contributed by atoms with E-state index in [1.165, 1.54) is 84.1 Å². The van der Waals surface area contributed by atoms with Gasteiger partial charge in [0.2, 0.25) is 0 Å². The van der Waals surface area contributed by atoms with Crippen LogP contribution in [0, 0.1) is 25.8 Å². The summed E-state index contributed by atoms with van der Waals surface area (Å²) >= 11 is 0. The largest absolute Gasteiger partial charge is 0.501 e. The third kappa shape index (κ3) is 10.3. The molecule has 0 amide bonds. The van der Waals surface area contributed by atoms with Crippen molar-refractivity contribution in [2.45, 2.75) is 99.1 Å². The molecular weight excluding hydrogens is 1130 g/mol. The first kappa shape index (κ1) is 45.9. The van der Waals surface area contributed by atoms with Gasteiger partial charge in [0.25, 0.3) is 0 Å². The first-order valence-electron chi connectivity index (χ1n) is 29.3. The second-order valence-electron chi connectivity index (χ2n) is 22.7. The van der Waals surface area contributed by atoms with Crippen molar-refractivity contribution in [2.24, 2.45) is 0 Å². The second kappa shape index (κ2) is 20.9. The number of hydrogen-bond donors (Lipinski definition) is 0. The fourth-order valence-electron chi connectivity index (χ4n) is 10.5. The maximum Gasteiger partial charge on any atom is 0.121 e. The molecule has 9 aromatic carbocycles. The zero-order chi connectivity index (χ0) is 58.2. The molecule has 0 spiro atoms. The van der Waals surface area contributed by atoms with Crippen molar-refractivity contribution in [1.29, 1.82) is 0 Å². The first-order valence-corrected chi connectivity index (χ1v) is 29.8. The van der Waals surface area contributed by atoms with Gasteiger partial charge in [-0.1, -0.05) is 188 Å². The molecule has 0 unspecified atom stereocenters. The van der Waals surface area contributed by atoms with Crippen molar-refractivity contribution in [3.63, 3.8) is 0 Å². The molecule has 0 aliphatic heterocycles. The normalized spacial score (nSPS) is 13.5. The number of imidazole rings is 1. The minimum atomic E-state index is -2.30. The Morgan fingerprint density at radius 3 is 1.94 bits per heavy atom. The quantitative estimate of drug-likeness (QED) is 0.0864. The summed E-state index contributed by atoms with van der Waals surface area (Å²) in [5.74, 6) is 1.66. The second-order valence-corrected chi connectivity index (χ2v) is 27.8. The van der Waals surface area contributed by atoms with Crippen LogP contribution in [0.4, 0.5) is 0 Å². The van der Waals surface area contributed by atoms with Gasteiger partial charge in [0.05, 0.1) is 36.3 Å². The summed E-state index contributed by atoms with van der Waals surface area (Å²) < 4.78 is 54.4. The molecule has 3 heterocycles. The molecule has 3 aromatic heterocycles. The van der Waals surface area contributed by atoms with E-state index in [0.29, 0.717) is 17.1 Å². The van der Waals surface area contributed by atoms with E-state index in [4.69, 9.17) is 17.6 Å². The van der Waals surface area contributed by atoms with E-state index >= 15 is 0 Å². The molecule has 0 N–H and O–H groups in total. The van der Waals surface area contributed by atoms with Crippen LogP contribution in [0.3, 0.4) is 0 Å². The third-order valence-corrected chi connectivity index (χ3v) is 16.6. The molecule has 5 nitrogen and oxygen atoms in total. The number of hydrogen-bond acceptors (Lipinski definition) is 4. The maximum atomic E-state index is 7.65. The predicted octanol–water partition coefficient (Wildman–Crippen LogP) is 18.7. The summed E-state index contributed by atoms with van der Waals surface area (Å²) in [6.07, 6.45) is 1.32. The predicted molar refractivity (Wildman–Crippen MR) is 324 cm³/mol. The molecule has 0 fully saturated rings. The molecule has 0 aliphatic rings. The average molecular weight is 1210 g/mol. The molecule has 77 heavy (non-hydrogen) atoms. The van der Waals surface area contributed by atoms with Crippen LogP contribution in [0.5, 0.6) is 0 Å². The Labute approximate surface area is 477 Å². The van der Waals surface area contributed by atoms with Crippen molar-refractivity contribution in [1.82, 2.24) is 19.5 Å². The van der Waals surface area contributed by atoms with E-state index in [2.05, 4.69) is 214 Å². The van der Waals surface area contributed by atoms with Gasteiger partial charge in [-0.3, -0.25) is 15.0 Å². The van der Waals surface area contributed by atoms with Crippen LogP contribution >= 0.6 is 0 Å². The first-order chi connectivity index (χ1) is 38.8. The van der Waals surface area contributed by atoms with Gasteiger partial charge >= 0.3 is 0 Å². The number of para-hydroxylation sites is 2. The number of aromatic nitrogens is 4. The summed E-state index contributed by atoms with van der Waals surface area (Å²) in [6.45, 7) is 17.6. The zero-order valence-corrected chi connectivity index (χ0v) is 48.7. The van der Waals surface area contributed by atoms with Gasteiger partial charge in [0.1, 0.15) is 5.58 Å². The molecule has 0 saturated carbocycles. The molecular formula is C70H66IrN4OSi-2. The Hall–Kier alpha value is -7.28. The number of fused-ring (bicyclic) bond motifs is 7. The number of aryl methyl sites for hydroxylation is 2. The van der Waals surface area contributed by atoms with Crippen molar-refractivity contribution in [3.05, 3.63) is 210 Å². The van der Waals surface area contributed by atoms with Crippen LogP contribution in [-0.4, -0.2) is 27.6 Å². The molecule has 0 atom stereocenters. The van der Waals surface area contributed by atoms with Crippen molar-refractivity contribution < 1.29 is 32.7 Å². The van der Waals surface area contributed by atoms with Gasteiger partial charge in [-0.05, 0) is 116 Å². The van der Waals surface area contributed by atoms with Crippen LogP contribution in [0.15, 0.2) is 174 Å². The van der Waals surface area contributed by atoms with Crippen molar-refractivity contribution in [3.8, 4) is 50.7 Å². The van der Waals surface area contributed by atoms with E-state index in [1.807, 2.05) is 26.8 Å². The molecule has 12 aromatic rings. The molecule has 0 saturated heterocycles. The molecule has 12 rings (SSSR count). The smallest absolute Gasteiger partial charge is 0.121 e. The van der Waals surface area contributed by atoms with Crippen LogP contribution in [0.25, 0.3) is 105 Å². The fraction of sp³-hybridized carbons (Fsp3) is 0.214. The Kier molecular flexibility index (Phi) is 12.5. The van der Waals surface area contributed by atoms with E-state index in [1.54, 1.807) is 6.07 Å². The minimum Gasteiger partial charge on any atom is -0.501 e. The summed E-state index contributed by atoms with van der Waals surface area (Å²) in [5.41, 5.74) is 14.0. The molecule has 7 heteroatoms. The topological polar surface area (TPSA) is 56.7 Å². The number of nitrogens with zero attached hydrogens (tertiary/aromatic N) is 4. The molecule has 0 aliphatic carbocycles. The van der Waals surface area contributed by atoms with Gasteiger partial charge in [-0.2, -0.15) is 0 Å². The van der Waals surface area contributed by atoms with E-state index < -0.39 is 27.2 Å². The Bertz CT molecular complexity index is 4350. The Morgan fingerprint density at radius 1 is 0.623 bits per heavy atom. The van der Waals surface area contributed by atoms with E-state index in [-0.39, 0.29) is 43.1 Å². The Balaban J connectivity index is 0.000000260. The third-order valence-electron chi connectivity index (χ3n) is 14.6. The van der Waals surface area contributed by atoms with Gasteiger partial charge in [0.15, 0.2) is 0 Å². The van der Waals surface area contributed by atoms with Crippen LogP contribution in [0.2, 0.25) is 19.6 Å². The molecule has 0 bridgehead atoms. The monoisotopic (exact) mass is 1210 g/mol. The summed E-state index contributed by atoms with van der Waals surface area (Å²) in [6, 6.07) is 64.2. The van der Waals surface area contributed by atoms with Gasteiger partial charge < -0.3 is 8.98 Å². The van der Waals surface area contributed by atoms with E-state index in [9.17, 15) is 0 Å². The van der Waals surface area contributed by atoms with Crippen molar-refractivity contribution in [2.75, 3.05) is 0 Å². The van der Waals surface area contributed by atoms with Crippen LogP contribution in [-0.2, 0) is 25.5 Å². The standard InChI is InChI=1S/C54H47N2OSi.C16H19N2.Ir/c1-33(2)45-30-40(37-21-19-35(20-22-37)36-25-27-41(28-26-36)58(5,6)7)31-46(34(3)4)52(45)56-50-18-11-10-17-49(50)55-54(56)44-16-12-15-43-48-29-39-24-23-38-13-8-9-14-42(38)47(39)32-51(48)57-53(43)44;1-11-6-8-13(9-7-11)15-17-10-12(2)14(18-15)16(3,4)5;/h8-15,17-34H,1-7H3;6-8,10H,1-5H3;/q2*-1;/i;1D3,2D3;. The molecule has 387 valence electrons. The zero-order valence-electron chi connectivity index (χ0n) is 51.4. The molecule has 1 radical (unpaired) electrons. The summed E-state index contributed by atoms with van der Waals surface area (Å²) in [7, 11) is -1.35. The van der Waals surface area contributed by atoms with Crippen LogP contribution < -0.4 is 5.19 Å². The van der Waals surface area contributed by atoms with Gasteiger partial charge in [0, 0.05) is 56.7 Å². The maximum absolute atomic E-state index is 7.65. The van der Waals surface area contributed by atoms with Crippen molar-refractivity contribution >= 4 is 67.8 Å².